The van der Waals surface area contributed by atoms with Crippen LogP contribution in [-0.4, -0.2) is 32.4 Å². The Balaban J connectivity index is 1.60. The molecule has 20 heavy (non-hydrogen) atoms. The van der Waals surface area contributed by atoms with Gasteiger partial charge in [-0.15, -0.1) is 0 Å². The van der Waals surface area contributed by atoms with Crippen molar-refractivity contribution in [3.05, 3.63) is 47.8 Å². The molecule has 0 unspecified atom stereocenters. The zero-order valence-corrected chi connectivity index (χ0v) is 12.1. The van der Waals surface area contributed by atoms with E-state index in [0.29, 0.717) is 0 Å². The van der Waals surface area contributed by atoms with Crippen molar-refractivity contribution in [2.45, 2.75) is 25.6 Å². The lowest BCUT2D eigenvalue weighted by Crippen LogP contribution is -2.30. The van der Waals surface area contributed by atoms with Gasteiger partial charge in [0, 0.05) is 42.2 Å². The zero-order valence-electron chi connectivity index (χ0n) is 11.3. The molecule has 0 saturated carbocycles. The summed E-state index contributed by atoms with van der Waals surface area (Å²) in [6.07, 6.45) is 3.34. The van der Waals surface area contributed by atoms with Gasteiger partial charge >= 0.3 is 0 Å². The molecule has 1 aromatic carbocycles. The van der Waals surface area contributed by atoms with E-state index in [1.807, 2.05) is 24.4 Å². The highest BCUT2D eigenvalue weighted by molar-refractivity contribution is 7.99. The molecule has 3 nitrogen and oxygen atoms in total. The highest BCUT2D eigenvalue weighted by Crippen LogP contribution is 2.30. The molecule has 3 heterocycles. The van der Waals surface area contributed by atoms with E-state index < -0.39 is 0 Å². The Kier molecular flexibility index (Phi) is 3.20. The van der Waals surface area contributed by atoms with Gasteiger partial charge in [0.05, 0.1) is 5.69 Å². The summed E-state index contributed by atoms with van der Waals surface area (Å²) in [5, 5.41) is 0. The van der Waals surface area contributed by atoms with Gasteiger partial charge < -0.3 is 0 Å². The van der Waals surface area contributed by atoms with Gasteiger partial charge in [-0.1, -0.05) is 30.3 Å². The smallest absolute Gasteiger partial charge is 0.159 e. The first-order valence-corrected chi connectivity index (χ1v) is 8.27. The van der Waals surface area contributed by atoms with E-state index in [1.165, 1.54) is 29.2 Å². The number of aromatic nitrogens is 2. The summed E-state index contributed by atoms with van der Waals surface area (Å²) in [4.78, 5) is 11.9. The van der Waals surface area contributed by atoms with Crippen molar-refractivity contribution in [3.63, 3.8) is 0 Å². The van der Waals surface area contributed by atoms with Crippen LogP contribution in [0.15, 0.2) is 36.5 Å². The molecule has 1 fully saturated rings. The van der Waals surface area contributed by atoms with E-state index in [4.69, 9.17) is 4.98 Å². The number of hydrogen-bond acceptors (Lipinski definition) is 4. The Labute approximate surface area is 123 Å². The fraction of sp³-hybridized carbons (Fsp3) is 0.375. The molecule has 1 aromatic heterocycles. The third kappa shape index (κ3) is 2.23. The van der Waals surface area contributed by atoms with Crippen LogP contribution >= 0.6 is 11.8 Å². The fourth-order valence-electron chi connectivity index (χ4n) is 2.97. The van der Waals surface area contributed by atoms with Gasteiger partial charge in [0.25, 0.3) is 0 Å². The monoisotopic (exact) mass is 283 g/mol. The number of benzene rings is 1. The Morgan fingerprint density at radius 3 is 2.85 bits per heavy atom. The second-order valence-corrected chi connectivity index (χ2v) is 6.60. The van der Waals surface area contributed by atoms with Crippen LogP contribution in [-0.2, 0) is 13.1 Å². The van der Waals surface area contributed by atoms with E-state index in [-0.39, 0.29) is 0 Å². The van der Waals surface area contributed by atoms with Gasteiger partial charge in [-0.2, -0.15) is 11.8 Å². The van der Waals surface area contributed by atoms with Crippen molar-refractivity contribution in [1.82, 2.24) is 14.9 Å². The molecule has 0 N–H and O–H groups in total. The largest absolute Gasteiger partial charge is 0.289 e. The van der Waals surface area contributed by atoms with Crippen LogP contribution in [0.2, 0.25) is 0 Å². The van der Waals surface area contributed by atoms with Crippen LogP contribution in [0.3, 0.4) is 0 Å². The second kappa shape index (κ2) is 5.19. The predicted molar refractivity (Wildman–Crippen MR) is 82.4 cm³/mol. The standard InChI is InChI=1S/C16H17N3S/c1-2-4-12(5-3-1)16-17-8-13-9-19(10-15(13)18-16)14-6-7-20-11-14/h1-5,8,14H,6-7,9-11H2/t14-/m1/s1. The molecule has 4 rings (SSSR count). The molecule has 0 radical (unpaired) electrons. The molecule has 0 spiro atoms. The number of nitrogens with zero attached hydrogens (tertiary/aromatic N) is 3. The van der Waals surface area contributed by atoms with Crippen LogP contribution in [0.4, 0.5) is 0 Å². The first kappa shape index (κ1) is 12.4. The van der Waals surface area contributed by atoms with Gasteiger partial charge in [-0.05, 0) is 12.2 Å². The summed E-state index contributed by atoms with van der Waals surface area (Å²) in [5.41, 5.74) is 3.63. The summed E-state index contributed by atoms with van der Waals surface area (Å²) < 4.78 is 0. The van der Waals surface area contributed by atoms with E-state index >= 15 is 0 Å². The Hall–Kier alpha value is -1.39. The SMILES string of the molecule is c1ccc(-c2ncc3c(n2)CN([C@@H]2CCSC2)C3)cc1. The quantitative estimate of drug-likeness (QED) is 0.847. The molecule has 1 atom stereocenters. The Bertz CT molecular complexity index is 608. The van der Waals surface area contributed by atoms with Crippen LogP contribution in [0.25, 0.3) is 11.4 Å². The van der Waals surface area contributed by atoms with Crippen molar-refractivity contribution in [3.8, 4) is 11.4 Å². The minimum Gasteiger partial charge on any atom is -0.289 e. The van der Waals surface area contributed by atoms with E-state index in [9.17, 15) is 0 Å². The molecule has 2 aliphatic heterocycles. The normalized spacial score (nSPS) is 22.1. The van der Waals surface area contributed by atoms with Crippen LogP contribution in [0, 0.1) is 0 Å². The van der Waals surface area contributed by atoms with Crippen molar-refractivity contribution in [1.29, 1.82) is 0 Å². The molecular formula is C16H17N3S. The molecule has 0 bridgehead atoms. The molecular weight excluding hydrogens is 266 g/mol. The minimum absolute atomic E-state index is 0.731. The lowest BCUT2D eigenvalue weighted by Gasteiger charge is -2.21. The maximum absolute atomic E-state index is 4.79. The average Bonchev–Trinajstić information content (AvgIpc) is 3.16. The zero-order chi connectivity index (χ0) is 13.4. The van der Waals surface area contributed by atoms with Crippen LogP contribution in [0.5, 0.6) is 0 Å². The topological polar surface area (TPSA) is 29.0 Å². The highest BCUT2D eigenvalue weighted by Gasteiger charge is 2.29. The number of thioether (sulfide) groups is 1. The van der Waals surface area contributed by atoms with Gasteiger partial charge in [0.2, 0.25) is 0 Å². The first-order valence-electron chi connectivity index (χ1n) is 7.12. The maximum Gasteiger partial charge on any atom is 0.159 e. The molecule has 0 aliphatic carbocycles. The molecule has 4 heteroatoms. The number of rotatable bonds is 2. The van der Waals surface area contributed by atoms with Gasteiger partial charge in [-0.3, -0.25) is 4.90 Å². The minimum atomic E-state index is 0.731. The predicted octanol–water partition coefficient (Wildman–Crippen LogP) is 2.96. The van der Waals surface area contributed by atoms with E-state index in [0.717, 1.165) is 30.5 Å². The Morgan fingerprint density at radius 1 is 1.15 bits per heavy atom. The third-order valence-corrected chi connectivity index (χ3v) is 5.28. The lowest BCUT2D eigenvalue weighted by atomic mass is 10.2. The second-order valence-electron chi connectivity index (χ2n) is 5.45. The van der Waals surface area contributed by atoms with Gasteiger partial charge in [-0.25, -0.2) is 9.97 Å². The third-order valence-electron chi connectivity index (χ3n) is 4.13. The van der Waals surface area contributed by atoms with Crippen molar-refractivity contribution in [2.75, 3.05) is 11.5 Å². The lowest BCUT2D eigenvalue weighted by molar-refractivity contribution is 0.216. The fourth-order valence-corrected chi connectivity index (χ4v) is 4.23. The summed E-state index contributed by atoms with van der Waals surface area (Å²) >= 11 is 2.07. The highest BCUT2D eigenvalue weighted by atomic mass is 32.2. The average molecular weight is 283 g/mol. The van der Waals surface area contributed by atoms with Gasteiger partial charge in [0.15, 0.2) is 5.82 Å². The molecule has 0 amide bonds. The van der Waals surface area contributed by atoms with Crippen molar-refractivity contribution >= 4 is 11.8 Å². The van der Waals surface area contributed by atoms with Crippen LogP contribution < -0.4 is 0 Å². The summed E-state index contributed by atoms with van der Waals surface area (Å²) in [6, 6.07) is 11.0. The van der Waals surface area contributed by atoms with Crippen LogP contribution in [0.1, 0.15) is 17.7 Å². The molecule has 2 aromatic rings. The molecule has 102 valence electrons. The summed E-state index contributed by atoms with van der Waals surface area (Å²) in [7, 11) is 0. The maximum atomic E-state index is 4.79. The van der Waals surface area contributed by atoms with Gasteiger partial charge in [0.1, 0.15) is 0 Å². The molecule has 1 saturated heterocycles. The number of hydrogen-bond donors (Lipinski definition) is 0. The summed E-state index contributed by atoms with van der Waals surface area (Å²) in [6.45, 7) is 2.01. The first-order chi connectivity index (χ1) is 9.90. The van der Waals surface area contributed by atoms with E-state index in [1.54, 1.807) is 0 Å². The number of fused-ring (bicyclic) bond motifs is 1. The van der Waals surface area contributed by atoms with E-state index in [2.05, 4.69) is 33.8 Å². The van der Waals surface area contributed by atoms with Crippen molar-refractivity contribution < 1.29 is 0 Å². The molecule has 2 aliphatic rings. The Morgan fingerprint density at radius 2 is 2.05 bits per heavy atom. The van der Waals surface area contributed by atoms with Crippen molar-refractivity contribution in [2.24, 2.45) is 0 Å². The summed E-state index contributed by atoms with van der Waals surface area (Å²) in [5.74, 6) is 3.43.